The summed E-state index contributed by atoms with van der Waals surface area (Å²) in [6.07, 6.45) is 0.468. The Morgan fingerprint density at radius 2 is 1.78 bits per heavy atom. The Balaban J connectivity index is 1.80. The fraction of sp³-hybridized carbons (Fsp3) is 0.105. The number of rotatable bonds is 3. The van der Waals surface area contributed by atoms with Crippen LogP contribution in [0, 0.1) is 0 Å². The van der Waals surface area contributed by atoms with Crippen molar-refractivity contribution in [3.05, 3.63) is 72.7 Å². The first-order valence-corrected chi connectivity index (χ1v) is 8.10. The number of benzene rings is 1. The molecule has 0 aliphatic rings. The van der Waals surface area contributed by atoms with Gasteiger partial charge in [-0.2, -0.15) is 13.2 Å². The van der Waals surface area contributed by atoms with Crippen molar-refractivity contribution in [3.8, 4) is 11.3 Å². The van der Waals surface area contributed by atoms with Crippen LogP contribution in [-0.2, 0) is 6.18 Å². The quantitative estimate of drug-likeness (QED) is 0.530. The summed E-state index contributed by atoms with van der Waals surface area (Å²) in [6, 6.07) is 12.4. The second-order valence-electron chi connectivity index (χ2n) is 5.95. The second-order valence-corrected chi connectivity index (χ2v) is 5.95. The molecule has 136 valence electrons. The highest BCUT2D eigenvalue weighted by Crippen LogP contribution is 2.32. The molecular weight excluding hydrogens is 355 g/mol. The number of hydrogen-bond acceptors (Lipinski definition) is 4. The number of alkyl halides is 3. The highest BCUT2D eigenvalue weighted by molar-refractivity contribution is 5.66. The predicted octanol–water partition coefficient (Wildman–Crippen LogP) is 4.58. The van der Waals surface area contributed by atoms with Gasteiger partial charge in [0.2, 0.25) is 0 Å². The lowest BCUT2D eigenvalue weighted by Gasteiger charge is -2.18. The lowest BCUT2D eigenvalue weighted by molar-refractivity contribution is -0.137. The van der Waals surface area contributed by atoms with Crippen LogP contribution in [0.3, 0.4) is 0 Å². The van der Waals surface area contributed by atoms with Gasteiger partial charge in [0, 0.05) is 30.7 Å². The van der Waals surface area contributed by atoms with E-state index in [2.05, 4.69) is 15.1 Å². The lowest BCUT2D eigenvalue weighted by Crippen LogP contribution is -2.13. The molecule has 0 radical (unpaired) electrons. The normalized spacial score (nSPS) is 11.7. The van der Waals surface area contributed by atoms with Crippen molar-refractivity contribution in [1.29, 1.82) is 0 Å². The van der Waals surface area contributed by atoms with Crippen molar-refractivity contribution in [1.82, 2.24) is 19.6 Å². The molecule has 8 heteroatoms. The molecule has 3 heterocycles. The zero-order valence-electron chi connectivity index (χ0n) is 14.2. The van der Waals surface area contributed by atoms with Gasteiger partial charge < -0.3 is 4.90 Å². The number of imidazole rings is 1. The average molecular weight is 369 g/mol. The third kappa shape index (κ3) is 3.21. The molecule has 0 saturated carbocycles. The van der Waals surface area contributed by atoms with E-state index in [9.17, 15) is 13.2 Å². The summed E-state index contributed by atoms with van der Waals surface area (Å²) in [5.41, 5.74) is 1.61. The second kappa shape index (κ2) is 6.39. The van der Waals surface area contributed by atoms with E-state index in [0.29, 0.717) is 22.7 Å². The van der Waals surface area contributed by atoms with E-state index in [1.807, 2.05) is 24.1 Å². The maximum Gasteiger partial charge on any atom is 0.416 e. The number of hydrogen-bond donors (Lipinski definition) is 0. The maximum atomic E-state index is 13.0. The van der Waals surface area contributed by atoms with Gasteiger partial charge >= 0.3 is 6.18 Å². The molecule has 1 aromatic carbocycles. The SMILES string of the molecule is CN(c1ccncc1)c1ccc2ncc(-c3cccc(C(F)(F)F)c3)n2n1. The Labute approximate surface area is 152 Å². The molecule has 4 aromatic rings. The van der Waals surface area contributed by atoms with Gasteiger partial charge in [-0.05, 0) is 36.4 Å². The fourth-order valence-corrected chi connectivity index (χ4v) is 2.79. The summed E-state index contributed by atoms with van der Waals surface area (Å²) < 4.78 is 40.6. The lowest BCUT2D eigenvalue weighted by atomic mass is 10.1. The molecule has 0 fully saturated rings. The van der Waals surface area contributed by atoms with Gasteiger partial charge in [0.25, 0.3) is 0 Å². The summed E-state index contributed by atoms with van der Waals surface area (Å²) in [4.78, 5) is 10.1. The van der Waals surface area contributed by atoms with E-state index < -0.39 is 11.7 Å². The summed E-state index contributed by atoms with van der Waals surface area (Å²) in [5, 5.41) is 4.56. The van der Waals surface area contributed by atoms with Crippen molar-refractivity contribution >= 4 is 17.2 Å². The molecule has 0 atom stereocenters. The Morgan fingerprint density at radius 3 is 2.52 bits per heavy atom. The molecule has 3 aromatic heterocycles. The van der Waals surface area contributed by atoms with Crippen LogP contribution < -0.4 is 4.90 Å². The number of aromatic nitrogens is 4. The van der Waals surface area contributed by atoms with Crippen LogP contribution in [0.25, 0.3) is 16.9 Å². The number of nitrogens with zero attached hydrogens (tertiary/aromatic N) is 5. The van der Waals surface area contributed by atoms with Gasteiger partial charge in [-0.1, -0.05) is 12.1 Å². The largest absolute Gasteiger partial charge is 0.416 e. The highest BCUT2D eigenvalue weighted by atomic mass is 19.4. The molecule has 0 spiro atoms. The van der Waals surface area contributed by atoms with E-state index in [-0.39, 0.29) is 0 Å². The predicted molar refractivity (Wildman–Crippen MR) is 95.7 cm³/mol. The van der Waals surface area contributed by atoms with Crippen molar-refractivity contribution in [2.75, 3.05) is 11.9 Å². The first kappa shape index (κ1) is 17.0. The zero-order chi connectivity index (χ0) is 19.0. The van der Waals surface area contributed by atoms with Gasteiger partial charge in [0.1, 0.15) is 0 Å². The molecular formula is C19H14F3N5. The zero-order valence-corrected chi connectivity index (χ0v) is 14.2. The first-order valence-electron chi connectivity index (χ1n) is 8.10. The molecule has 27 heavy (non-hydrogen) atoms. The minimum absolute atomic E-state index is 0.397. The van der Waals surface area contributed by atoms with Crippen LogP contribution in [-0.4, -0.2) is 26.6 Å². The van der Waals surface area contributed by atoms with Gasteiger partial charge in [0.05, 0.1) is 17.5 Å². The Bertz CT molecular complexity index is 1090. The van der Waals surface area contributed by atoms with E-state index in [4.69, 9.17) is 0 Å². The number of fused-ring (bicyclic) bond motifs is 1. The van der Waals surface area contributed by atoms with Crippen LogP contribution in [0.4, 0.5) is 24.7 Å². The molecule has 0 unspecified atom stereocenters. The number of halogens is 3. The minimum atomic E-state index is -4.41. The molecule has 0 N–H and O–H groups in total. The Morgan fingerprint density at radius 1 is 1.00 bits per heavy atom. The Hall–Kier alpha value is -3.42. The van der Waals surface area contributed by atoms with Crippen molar-refractivity contribution in [3.63, 3.8) is 0 Å². The van der Waals surface area contributed by atoms with E-state index >= 15 is 0 Å². The van der Waals surface area contributed by atoms with E-state index in [1.165, 1.54) is 12.3 Å². The molecule has 5 nitrogen and oxygen atoms in total. The standard InChI is InChI=1S/C19H14F3N5/c1-26(15-7-9-23-10-8-15)18-6-5-17-24-12-16(27(17)25-18)13-3-2-4-14(11-13)19(20,21)22/h2-12H,1H3. The summed E-state index contributed by atoms with van der Waals surface area (Å²) in [5.74, 6) is 0.625. The van der Waals surface area contributed by atoms with Crippen molar-refractivity contribution < 1.29 is 13.2 Å². The fourth-order valence-electron chi connectivity index (χ4n) is 2.79. The third-order valence-electron chi connectivity index (χ3n) is 4.23. The smallest absolute Gasteiger partial charge is 0.328 e. The van der Waals surface area contributed by atoms with Gasteiger partial charge in [-0.15, -0.1) is 5.10 Å². The topological polar surface area (TPSA) is 46.3 Å². The number of pyridine rings is 1. The monoisotopic (exact) mass is 369 g/mol. The minimum Gasteiger partial charge on any atom is -0.328 e. The Kier molecular flexibility index (Phi) is 4.02. The van der Waals surface area contributed by atoms with Crippen LogP contribution in [0.2, 0.25) is 0 Å². The summed E-state index contributed by atoms with van der Waals surface area (Å²) >= 11 is 0. The third-order valence-corrected chi connectivity index (χ3v) is 4.23. The first-order chi connectivity index (χ1) is 12.9. The summed E-state index contributed by atoms with van der Waals surface area (Å²) in [7, 11) is 1.85. The van der Waals surface area contributed by atoms with Gasteiger partial charge in [-0.3, -0.25) is 4.98 Å². The van der Waals surface area contributed by atoms with Crippen LogP contribution >= 0.6 is 0 Å². The number of anilines is 2. The molecule has 0 bridgehead atoms. The molecule has 0 aliphatic carbocycles. The molecule has 0 amide bonds. The van der Waals surface area contributed by atoms with Crippen LogP contribution in [0.15, 0.2) is 67.1 Å². The van der Waals surface area contributed by atoms with Crippen molar-refractivity contribution in [2.45, 2.75) is 6.18 Å². The van der Waals surface area contributed by atoms with Gasteiger partial charge in [-0.25, -0.2) is 9.50 Å². The summed E-state index contributed by atoms with van der Waals surface area (Å²) in [6.45, 7) is 0. The van der Waals surface area contributed by atoms with Crippen LogP contribution in [0.5, 0.6) is 0 Å². The van der Waals surface area contributed by atoms with E-state index in [1.54, 1.807) is 35.1 Å². The van der Waals surface area contributed by atoms with E-state index in [0.717, 1.165) is 17.8 Å². The molecule has 0 aliphatic heterocycles. The highest BCUT2D eigenvalue weighted by Gasteiger charge is 2.30. The molecule has 0 saturated heterocycles. The average Bonchev–Trinajstić information content (AvgIpc) is 3.11. The molecule has 4 rings (SSSR count). The maximum absolute atomic E-state index is 13.0. The van der Waals surface area contributed by atoms with Crippen molar-refractivity contribution in [2.24, 2.45) is 0 Å². The van der Waals surface area contributed by atoms with Crippen LogP contribution in [0.1, 0.15) is 5.56 Å². The van der Waals surface area contributed by atoms with Gasteiger partial charge in [0.15, 0.2) is 11.5 Å².